The van der Waals surface area contributed by atoms with Gasteiger partial charge in [-0.1, -0.05) is 84.9 Å². The molecule has 0 aliphatic carbocycles. The zero-order chi connectivity index (χ0) is 27.3. The molecule has 0 atom stereocenters. The second kappa shape index (κ2) is 11.3. The number of aliphatic imine (C=N–C) groups is 2. The number of ether oxygens (including phenoxy) is 2. The van der Waals surface area contributed by atoms with Crippen molar-refractivity contribution < 1.29 is 9.47 Å². The molecule has 0 saturated heterocycles. The summed E-state index contributed by atoms with van der Waals surface area (Å²) in [5.41, 5.74) is 5.94. The van der Waals surface area contributed by atoms with Crippen LogP contribution in [0.15, 0.2) is 131 Å². The topological polar surface area (TPSA) is 43.2 Å². The highest BCUT2D eigenvalue weighted by molar-refractivity contribution is 6.04. The maximum absolute atomic E-state index is 5.59. The molecular weight excluding hydrogens is 492 g/mol. The van der Waals surface area contributed by atoms with Crippen molar-refractivity contribution in [3.05, 3.63) is 132 Å². The minimum Gasteiger partial charge on any atom is -0.496 e. The van der Waals surface area contributed by atoms with Crippen molar-refractivity contribution in [2.24, 2.45) is 9.98 Å². The molecule has 0 aliphatic rings. The normalized spacial score (nSPS) is 11.6. The van der Waals surface area contributed by atoms with Gasteiger partial charge in [-0.2, -0.15) is 0 Å². The molecular formula is C36H28N2O2. The Morgan fingerprint density at radius 2 is 0.850 bits per heavy atom. The van der Waals surface area contributed by atoms with Crippen LogP contribution in [0.3, 0.4) is 0 Å². The van der Waals surface area contributed by atoms with E-state index in [1.165, 1.54) is 0 Å². The summed E-state index contributed by atoms with van der Waals surface area (Å²) in [6.45, 7) is 0. The van der Waals surface area contributed by atoms with Crippen LogP contribution in [0.4, 0.5) is 11.4 Å². The number of fused-ring (bicyclic) bond motifs is 2. The Kier molecular flexibility index (Phi) is 7.06. The zero-order valence-electron chi connectivity index (χ0n) is 22.4. The van der Waals surface area contributed by atoms with Crippen molar-refractivity contribution in [3.8, 4) is 22.6 Å². The average Bonchev–Trinajstić information content (AvgIpc) is 3.02. The molecule has 194 valence electrons. The molecule has 0 aromatic heterocycles. The molecule has 6 rings (SSSR count). The van der Waals surface area contributed by atoms with E-state index in [1.54, 1.807) is 14.2 Å². The molecule has 0 saturated carbocycles. The van der Waals surface area contributed by atoms with Crippen molar-refractivity contribution in [1.82, 2.24) is 0 Å². The summed E-state index contributed by atoms with van der Waals surface area (Å²) in [5.74, 6) is 1.61. The third-order valence-corrected chi connectivity index (χ3v) is 7.05. The standard InChI is InChI=1S/C36H28N2O2/c1-39-35-21-15-27-7-3-5-9-31(27)33(35)23-37-29-17-11-25(12-18-29)26-13-19-30(20-14-26)38-24-34-32-10-6-4-8-28(32)16-22-36(34)40-2/h3-24H,1-2H3. The van der Waals surface area contributed by atoms with Gasteiger partial charge in [-0.3, -0.25) is 9.98 Å². The quantitative estimate of drug-likeness (QED) is 0.197. The highest BCUT2D eigenvalue weighted by Crippen LogP contribution is 2.30. The third-order valence-electron chi connectivity index (χ3n) is 7.05. The van der Waals surface area contributed by atoms with Gasteiger partial charge < -0.3 is 9.47 Å². The Balaban J connectivity index is 1.21. The van der Waals surface area contributed by atoms with Crippen LogP contribution in [0.5, 0.6) is 11.5 Å². The molecule has 0 heterocycles. The van der Waals surface area contributed by atoms with E-state index < -0.39 is 0 Å². The van der Waals surface area contributed by atoms with E-state index in [0.717, 1.165) is 66.7 Å². The lowest BCUT2D eigenvalue weighted by Crippen LogP contribution is -1.92. The molecule has 0 N–H and O–H groups in total. The predicted molar refractivity (Wildman–Crippen MR) is 167 cm³/mol. The summed E-state index contributed by atoms with van der Waals surface area (Å²) in [7, 11) is 3.38. The van der Waals surface area contributed by atoms with E-state index in [9.17, 15) is 0 Å². The number of nitrogens with zero attached hydrogens (tertiary/aromatic N) is 2. The second-order valence-corrected chi connectivity index (χ2v) is 9.42. The van der Waals surface area contributed by atoms with Gasteiger partial charge in [0.25, 0.3) is 0 Å². The fraction of sp³-hybridized carbons (Fsp3) is 0.0556. The van der Waals surface area contributed by atoms with Crippen molar-refractivity contribution in [2.45, 2.75) is 0 Å². The third kappa shape index (κ3) is 5.07. The fourth-order valence-electron chi connectivity index (χ4n) is 4.93. The van der Waals surface area contributed by atoms with E-state index in [2.05, 4.69) is 60.7 Å². The first-order valence-electron chi connectivity index (χ1n) is 13.1. The number of hydrogen-bond donors (Lipinski definition) is 0. The van der Waals surface area contributed by atoms with Crippen molar-refractivity contribution in [1.29, 1.82) is 0 Å². The molecule has 0 bridgehead atoms. The van der Waals surface area contributed by atoms with Gasteiger partial charge in [-0.25, -0.2) is 0 Å². The summed E-state index contributed by atoms with van der Waals surface area (Å²) in [6, 6.07) is 41.1. The maximum atomic E-state index is 5.59. The highest BCUT2D eigenvalue weighted by Gasteiger charge is 2.07. The van der Waals surface area contributed by atoms with Crippen LogP contribution in [0.2, 0.25) is 0 Å². The Labute approximate surface area is 233 Å². The van der Waals surface area contributed by atoms with Gasteiger partial charge in [0.05, 0.1) is 25.6 Å². The zero-order valence-corrected chi connectivity index (χ0v) is 22.4. The first kappa shape index (κ1) is 25.1. The van der Waals surface area contributed by atoms with Crippen molar-refractivity contribution in [2.75, 3.05) is 14.2 Å². The molecule has 4 nitrogen and oxygen atoms in total. The van der Waals surface area contributed by atoms with E-state index in [0.29, 0.717) is 0 Å². The van der Waals surface area contributed by atoms with E-state index >= 15 is 0 Å². The van der Waals surface area contributed by atoms with Crippen LogP contribution in [-0.2, 0) is 0 Å². The smallest absolute Gasteiger partial charge is 0.128 e. The van der Waals surface area contributed by atoms with Crippen LogP contribution in [0, 0.1) is 0 Å². The van der Waals surface area contributed by atoms with Crippen molar-refractivity contribution in [3.63, 3.8) is 0 Å². The summed E-state index contributed by atoms with van der Waals surface area (Å²) in [6.07, 6.45) is 3.77. The van der Waals surface area contributed by atoms with E-state index in [-0.39, 0.29) is 0 Å². The minimum absolute atomic E-state index is 0.806. The monoisotopic (exact) mass is 520 g/mol. The lowest BCUT2D eigenvalue weighted by atomic mass is 10.0. The number of rotatable bonds is 7. The van der Waals surface area contributed by atoms with Gasteiger partial charge >= 0.3 is 0 Å². The largest absolute Gasteiger partial charge is 0.496 e. The average molecular weight is 521 g/mol. The highest BCUT2D eigenvalue weighted by atomic mass is 16.5. The summed E-state index contributed by atoms with van der Waals surface area (Å²) in [5, 5.41) is 4.54. The van der Waals surface area contributed by atoms with Crippen LogP contribution < -0.4 is 9.47 Å². The number of hydrogen-bond acceptors (Lipinski definition) is 4. The Morgan fingerprint density at radius 1 is 0.450 bits per heavy atom. The van der Waals surface area contributed by atoms with Crippen LogP contribution in [0.25, 0.3) is 32.7 Å². The van der Waals surface area contributed by atoms with Crippen LogP contribution >= 0.6 is 0 Å². The Hall–Kier alpha value is -5.22. The molecule has 0 radical (unpaired) electrons. The molecule has 40 heavy (non-hydrogen) atoms. The molecule has 0 amide bonds. The molecule has 6 aromatic rings. The van der Waals surface area contributed by atoms with Gasteiger partial charge in [0.2, 0.25) is 0 Å². The van der Waals surface area contributed by atoms with Gasteiger partial charge in [-0.05, 0) is 69.1 Å². The molecule has 0 spiro atoms. The predicted octanol–water partition coefficient (Wildman–Crippen LogP) is 9.18. The summed E-state index contributed by atoms with van der Waals surface area (Å²) < 4.78 is 11.2. The lowest BCUT2D eigenvalue weighted by molar-refractivity contribution is 0.414. The molecule has 4 heteroatoms. The molecule has 0 aliphatic heterocycles. The Morgan fingerprint density at radius 3 is 1.25 bits per heavy atom. The lowest BCUT2D eigenvalue weighted by Gasteiger charge is -2.08. The number of methoxy groups -OCH3 is 2. The molecule has 6 aromatic carbocycles. The number of benzene rings is 6. The fourth-order valence-corrected chi connectivity index (χ4v) is 4.93. The Bertz CT molecular complexity index is 1720. The molecule has 0 fully saturated rings. The van der Waals surface area contributed by atoms with E-state index in [4.69, 9.17) is 19.5 Å². The van der Waals surface area contributed by atoms with E-state index in [1.807, 2.05) is 73.1 Å². The first-order chi connectivity index (χ1) is 19.7. The summed E-state index contributed by atoms with van der Waals surface area (Å²) >= 11 is 0. The SMILES string of the molecule is COc1ccc2ccccc2c1C=Nc1ccc(-c2ccc(N=Cc3c(OC)ccc4ccccc34)cc2)cc1. The second-order valence-electron chi connectivity index (χ2n) is 9.42. The van der Waals surface area contributed by atoms with Crippen LogP contribution in [0.1, 0.15) is 11.1 Å². The van der Waals surface area contributed by atoms with Crippen LogP contribution in [-0.4, -0.2) is 26.6 Å². The van der Waals surface area contributed by atoms with Gasteiger partial charge in [0.1, 0.15) is 11.5 Å². The first-order valence-corrected chi connectivity index (χ1v) is 13.1. The van der Waals surface area contributed by atoms with Gasteiger partial charge in [0, 0.05) is 23.6 Å². The summed E-state index contributed by atoms with van der Waals surface area (Å²) in [4.78, 5) is 9.48. The van der Waals surface area contributed by atoms with Crippen molar-refractivity contribution >= 4 is 45.3 Å². The van der Waals surface area contributed by atoms with Gasteiger partial charge in [-0.15, -0.1) is 0 Å². The van der Waals surface area contributed by atoms with Gasteiger partial charge in [0.15, 0.2) is 0 Å². The molecule has 0 unspecified atom stereocenters. The minimum atomic E-state index is 0.806. The maximum Gasteiger partial charge on any atom is 0.128 e.